The number of benzene rings is 1. The molecule has 0 unspecified atom stereocenters. The normalized spacial score (nSPS) is 18.9. The number of halogens is 1. The zero-order valence-corrected chi connectivity index (χ0v) is 11.1. The lowest BCUT2D eigenvalue weighted by atomic mass is 10.1. The van der Waals surface area contributed by atoms with Gasteiger partial charge in [0.1, 0.15) is 11.6 Å². The Morgan fingerprint density at radius 1 is 1.37 bits per heavy atom. The number of imidazole rings is 1. The van der Waals surface area contributed by atoms with Gasteiger partial charge in [-0.1, -0.05) is 12.1 Å². The largest absolute Gasteiger partial charge is 0.328 e. The van der Waals surface area contributed by atoms with Gasteiger partial charge < -0.3 is 9.88 Å². The molecule has 1 saturated heterocycles. The van der Waals surface area contributed by atoms with Gasteiger partial charge in [-0.15, -0.1) is 0 Å². The number of nitrogens with zero attached hydrogens (tertiary/aromatic N) is 2. The first kappa shape index (κ1) is 12.4. The Balaban J connectivity index is 1.87. The summed E-state index contributed by atoms with van der Waals surface area (Å²) in [4.78, 5) is 4.56. The molecule has 0 bridgehead atoms. The number of aromatic nitrogens is 2. The molecule has 0 saturated carbocycles. The Bertz CT molecular complexity index is 553. The molecule has 1 aliphatic heterocycles. The molecule has 0 amide bonds. The molecule has 1 aromatic heterocycles. The van der Waals surface area contributed by atoms with Gasteiger partial charge in [0, 0.05) is 30.9 Å². The highest BCUT2D eigenvalue weighted by Gasteiger charge is 2.22. The van der Waals surface area contributed by atoms with Crippen LogP contribution in [-0.2, 0) is 6.54 Å². The fraction of sp³-hybridized carbons (Fsp3) is 0.400. The van der Waals surface area contributed by atoms with Crippen molar-refractivity contribution in [3.8, 4) is 0 Å². The van der Waals surface area contributed by atoms with E-state index in [1.54, 1.807) is 0 Å². The Morgan fingerprint density at radius 3 is 2.84 bits per heavy atom. The molecular weight excluding hydrogens is 241 g/mol. The second-order valence-corrected chi connectivity index (χ2v) is 5.16. The second kappa shape index (κ2) is 5.13. The van der Waals surface area contributed by atoms with Gasteiger partial charge in [0.25, 0.3) is 0 Å². The van der Waals surface area contributed by atoms with Crippen molar-refractivity contribution < 1.29 is 4.39 Å². The van der Waals surface area contributed by atoms with E-state index in [0.29, 0.717) is 5.92 Å². The maximum absolute atomic E-state index is 12.9. The summed E-state index contributed by atoms with van der Waals surface area (Å²) in [6.07, 6.45) is 3.07. The zero-order chi connectivity index (χ0) is 13.2. The maximum atomic E-state index is 12.9. The summed E-state index contributed by atoms with van der Waals surface area (Å²) in [5.74, 6) is 1.45. The highest BCUT2D eigenvalue weighted by atomic mass is 19.1. The Labute approximate surface area is 112 Å². The summed E-state index contributed by atoms with van der Waals surface area (Å²) >= 11 is 0. The maximum Gasteiger partial charge on any atom is 0.123 e. The topological polar surface area (TPSA) is 29.9 Å². The molecule has 1 aliphatic rings. The number of hydrogen-bond acceptors (Lipinski definition) is 2. The van der Waals surface area contributed by atoms with E-state index in [1.807, 2.05) is 18.3 Å². The van der Waals surface area contributed by atoms with Crippen molar-refractivity contribution in [1.29, 1.82) is 0 Å². The third-order valence-electron chi connectivity index (χ3n) is 3.77. The molecule has 2 aromatic rings. The Hall–Kier alpha value is -1.68. The zero-order valence-electron chi connectivity index (χ0n) is 11.1. The minimum absolute atomic E-state index is 0.189. The first-order chi connectivity index (χ1) is 9.24. The number of nitrogens with one attached hydrogen (secondary N) is 1. The summed E-state index contributed by atoms with van der Waals surface area (Å²) < 4.78 is 15.2. The fourth-order valence-electron chi connectivity index (χ4n) is 2.66. The lowest BCUT2D eigenvalue weighted by molar-refractivity contribution is 0.616. The van der Waals surface area contributed by atoms with Gasteiger partial charge in [0.15, 0.2) is 0 Å². The highest BCUT2D eigenvalue weighted by Crippen LogP contribution is 2.23. The molecule has 1 atom stereocenters. The average Bonchev–Trinajstić information content (AvgIpc) is 3.03. The van der Waals surface area contributed by atoms with Crippen LogP contribution >= 0.6 is 0 Å². The van der Waals surface area contributed by atoms with Gasteiger partial charge in [0.05, 0.1) is 0 Å². The molecular formula is C15H18FN3. The molecule has 100 valence electrons. The third kappa shape index (κ3) is 2.54. The van der Waals surface area contributed by atoms with E-state index in [9.17, 15) is 4.39 Å². The van der Waals surface area contributed by atoms with Gasteiger partial charge >= 0.3 is 0 Å². The van der Waals surface area contributed by atoms with E-state index in [2.05, 4.69) is 21.8 Å². The van der Waals surface area contributed by atoms with Gasteiger partial charge in [0.2, 0.25) is 0 Å². The van der Waals surface area contributed by atoms with Crippen LogP contribution in [0.1, 0.15) is 29.4 Å². The number of rotatable bonds is 3. The average molecular weight is 259 g/mol. The molecule has 1 N–H and O–H groups in total. The van der Waals surface area contributed by atoms with Crippen LogP contribution in [0.2, 0.25) is 0 Å². The van der Waals surface area contributed by atoms with E-state index in [4.69, 9.17) is 0 Å². The summed E-state index contributed by atoms with van der Waals surface area (Å²) in [6, 6.07) is 6.70. The minimum Gasteiger partial charge on any atom is -0.328 e. The van der Waals surface area contributed by atoms with Crippen LogP contribution in [0.15, 0.2) is 30.5 Å². The van der Waals surface area contributed by atoms with Crippen LogP contribution in [0, 0.1) is 12.7 Å². The lowest BCUT2D eigenvalue weighted by Gasteiger charge is -2.14. The summed E-state index contributed by atoms with van der Waals surface area (Å²) in [5, 5.41) is 3.38. The smallest absolute Gasteiger partial charge is 0.123 e. The second-order valence-electron chi connectivity index (χ2n) is 5.16. The molecule has 1 fully saturated rings. The van der Waals surface area contributed by atoms with Crippen LogP contribution in [-0.4, -0.2) is 22.6 Å². The monoisotopic (exact) mass is 259 g/mol. The minimum atomic E-state index is -0.189. The van der Waals surface area contributed by atoms with Crippen molar-refractivity contribution in [3.63, 3.8) is 0 Å². The molecule has 19 heavy (non-hydrogen) atoms. The van der Waals surface area contributed by atoms with Crippen molar-refractivity contribution in [2.75, 3.05) is 13.1 Å². The van der Waals surface area contributed by atoms with Crippen molar-refractivity contribution in [2.24, 2.45) is 0 Å². The number of aryl methyl sites for hydroxylation is 1. The van der Waals surface area contributed by atoms with E-state index in [0.717, 1.165) is 43.1 Å². The molecule has 0 spiro atoms. The van der Waals surface area contributed by atoms with E-state index >= 15 is 0 Å². The van der Waals surface area contributed by atoms with Crippen LogP contribution in [0.3, 0.4) is 0 Å². The van der Waals surface area contributed by atoms with E-state index < -0.39 is 0 Å². The molecule has 4 heteroatoms. The van der Waals surface area contributed by atoms with Gasteiger partial charge in [-0.05, 0) is 37.6 Å². The molecule has 3 rings (SSSR count). The van der Waals surface area contributed by atoms with Crippen molar-refractivity contribution in [3.05, 3.63) is 53.4 Å². The summed E-state index contributed by atoms with van der Waals surface area (Å²) in [5.41, 5.74) is 2.26. The van der Waals surface area contributed by atoms with Gasteiger partial charge in [-0.3, -0.25) is 0 Å². The quantitative estimate of drug-likeness (QED) is 0.917. The first-order valence-corrected chi connectivity index (χ1v) is 6.71. The van der Waals surface area contributed by atoms with Crippen LogP contribution in [0.5, 0.6) is 0 Å². The molecule has 3 nitrogen and oxygen atoms in total. The predicted octanol–water partition coefficient (Wildman–Crippen LogP) is 2.46. The van der Waals surface area contributed by atoms with Crippen LogP contribution in [0.4, 0.5) is 4.39 Å². The molecule has 2 heterocycles. The predicted molar refractivity (Wildman–Crippen MR) is 72.7 cm³/mol. The Kier molecular flexibility index (Phi) is 3.34. The van der Waals surface area contributed by atoms with Crippen LogP contribution in [0.25, 0.3) is 0 Å². The van der Waals surface area contributed by atoms with Crippen molar-refractivity contribution >= 4 is 0 Å². The lowest BCUT2D eigenvalue weighted by Crippen LogP contribution is -2.14. The number of hydrogen-bond donors (Lipinski definition) is 1. The van der Waals surface area contributed by atoms with Crippen molar-refractivity contribution in [1.82, 2.24) is 14.9 Å². The van der Waals surface area contributed by atoms with Crippen molar-refractivity contribution in [2.45, 2.75) is 25.8 Å². The highest BCUT2D eigenvalue weighted by molar-refractivity contribution is 5.19. The molecule has 1 aromatic carbocycles. The SMILES string of the molecule is Cc1cnc([C@@H]2CCNC2)n1Cc1ccc(F)cc1. The fourth-order valence-corrected chi connectivity index (χ4v) is 2.66. The van der Waals surface area contributed by atoms with Crippen LogP contribution < -0.4 is 5.32 Å². The third-order valence-corrected chi connectivity index (χ3v) is 3.77. The molecule has 0 radical (unpaired) electrons. The van der Waals surface area contributed by atoms with E-state index in [1.165, 1.54) is 12.1 Å². The van der Waals surface area contributed by atoms with E-state index in [-0.39, 0.29) is 5.82 Å². The first-order valence-electron chi connectivity index (χ1n) is 6.71. The molecule has 0 aliphatic carbocycles. The Morgan fingerprint density at radius 2 is 2.16 bits per heavy atom. The summed E-state index contributed by atoms with van der Waals surface area (Å²) in [6.45, 7) is 4.90. The van der Waals surface area contributed by atoms with Gasteiger partial charge in [-0.2, -0.15) is 0 Å². The van der Waals surface area contributed by atoms with Gasteiger partial charge in [-0.25, -0.2) is 9.37 Å². The standard InChI is InChI=1S/C15H18FN3/c1-11-8-18-15(13-6-7-17-9-13)19(11)10-12-2-4-14(16)5-3-12/h2-5,8,13,17H,6-7,9-10H2,1H3/t13-/m1/s1. The summed E-state index contributed by atoms with van der Waals surface area (Å²) in [7, 11) is 0.